The van der Waals surface area contributed by atoms with Gasteiger partial charge in [0.1, 0.15) is 0 Å². The van der Waals surface area contributed by atoms with Crippen LogP contribution >= 0.6 is 0 Å². The fourth-order valence-electron chi connectivity index (χ4n) is 5.86. The van der Waals surface area contributed by atoms with Crippen LogP contribution in [0.2, 0.25) is 0 Å². The van der Waals surface area contributed by atoms with E-state index in [1.807, 2.05) is 18.2 Å². The maximum Gasteiger partial charge on any atom is 0.264 e. The number of aliphatic hydroxyl groups excluding tert-OH is 1. The van der Waals surface area contributed by atoms with Crippen LogP contribution < -0.4 is 5.32 Å². The quantitative estimate of drug-likeness (QED) is 0.818. The summed E-state index contributed by atoms with van der Waals surface area (Å²) >= 11 is 0. The molecule has 1 aromatic carbocycles. The van der Waals surface area contributed by atoms with Crippen LogP contribution in [0.25, 0.3) is 0 Å². The number of nitrogens with zero attached hydrogens (tertiary/aromatic N) is 2. The highest BCUT2D eigenvalue weighted by molar-refractivity contribution is 6.05. The van der Waals surface area contributed by atoms with Gasteiger partial charge in [-0.1, -0.05) is 32.0 Å². The molecule has 0 aliphatic carbocycles. The van der Waals surface area contributed by atoms with E-state index >= 15 is 0 Å². The number of piperidine rings is 2. The average Bonchev–Trinajstić information content (AvgIpc) is 2.81. The molecule has 0 radical (unpaired) electrons. The summed E-state index contributed by atoms with van der Waals surface area (Å²) < 4.78 is 0. The number of aliphatic hydroxyl groups is 1. The zero-order chi connectivity index (χ0) is 16.0. The Morgan fingerprint density at radius 3 is 2.52 bits per heavy atom. The monoisotopic (exact) mass is 313 g/mol. The molecule has 122 valence electrons. The van der Waals surface area contributed by atoms with Gasteiger partial charge in [-0.05, 0) is 12.5 Å². The zero-order valence-electron chi connectivity index (χ0n) is 13.7. The van der Waals surface area contributed by atoms with Gasteiger partial charge in [-0.15, -0.1) is 0 Å². The van der Waals surface area contributed by atoms with Crippen molar-refractivity contribution in [3.8, 4) is 0 Å². The number of amides is 1. The van der Waals surface area contributed by atoms with Gasteiger partial charge in [-0.25, -0.2) is 0 Å². The van der Waals surface area contributed by atoms with Crippen molar-refractivity contribution in [2.45, 2.75) is 32.0 Å². The Labute approximate surface area is 136 Å². The molecule has 4 fully saturated rings. The normalized spacial score (nSPS) is 49.5. The fraction of sp³-hybridized carbons (Fsp3) is 0.611. The second-order valence-electron chi connectivity index (χ2n) is 8.16. The Morgan fingerprint density at radius 1 is 1.22 bits per heavy atom. The molecule has 1 amide bonds. The molecule has 5 aliphatic rings. The molecule has 2 unspecified atom stereocenters. The van der Waals surface area contributed by atoms with E-state index in [2.05, 4.69) is 35.0 Å². The van der Waals surface area contributed by atoms with Crippen molar-refractivity contribution >= 4 is 11.6 Å². The Morgan fingerprint density at radius 2 is 1.87 bits per heavy atom. The molecule has 0 aromatic heterocycles. The van der Waals surface area contributed by atoms with Crippen molar-refractivity contribution in [2.75, 3.05) is 31.5 Å². The van der Waals surface area contributed by atoms with Gasteiger partial charge in [-0.2, -0.15) is 0 Å². The van der Waals surface area contributed by atoms with Crippen molar-refractivity contribution < 1.29 is 9.90 Å². The van der Waals surface area contributed by atoms with E-state index in [4.69, 9.17) is 0 Å². The summed E-state index contributed by atoms with van der Waals surface area (Å²) in [5, 5.41) is 14.1. The van der Waals surface area contributed by atoms with Crippen molar-refractivity contribution in [3.63, 3.8) is 0 Å². The molecule has 1 spiro atoms. The lowest BCUT2D eigenvalue weighted by atomic mass is 9.57. The van der Waals surface area contributed by atoms with Crippen LogP contribution in [0.5, 0.6) is 0 Å². The third-order valence-corrected chi connectivity index (χ3v) is 6.84. The van der Waals surface area contributed by atoms with E-state index < -0.39 is 5.66 Å². The number of carbonyl (C=O) groups is 1. The third kappa shape index (κ3) is 1.35. The van der Waals surface area contributed by atoms with Crippen molar-refractivity contribution in [2.24, 2.45) is 10.8 Å². The smallest absolute Gasteiger partial charge is 0.264 e. The molecule has 23 heavy (non-hydrogen) atoms. The first-order valence-electron chi connectivity index (χ1n) is 8.55. The second-order valence-corrected chi connectivity index (χ2v) is 8.16. The number of hydrogen-bond acceptors (Lipinski definition) is 4. The molecule has 6 rings (SSSR count). The maximum atomic E-state index is 13.1. The third-order valence-electron chi connectivity index (χ3n) is 6.84. The topological polar surface area (TPSA) is 55.8 Å². The van der Waals surface area contributed by atoms with Crippen LogP contribution in [-0.4, -0.2) is 53.1 Å². The van der Waals surface area contributed by atoms with Crippen LogP contribution in [0, 0.1) is 10.8 Å². The van der Waals surface area contributed by atoms with Gasteiger partial charge in [0, 0.05) is 48.3 Å². The van der Waals surface area contributed by atoms with Gasteiger partial charge in [-0.3, -0.25) is 14.6 Å². The number of benzene rings is 1. The Kier molecular flexibility index (Phi) is 2.41. The molecule has 5 nitrogen and oxygen atoms in total. The van der Waals surface area contributed by atoms with Crippen molar-refractivity contribution in [1.29, 1.82) is 0 Å². The zero-order valence-corrected chi connectivity index (χ0v) is 13.7. The van der Waals surface area contributed by atoms with Crippen molar-refractivity contribution in [1.82, 2.24) is 9.80 Å². The Bertz CT molecular complexity index is 700. The first-order chi connectivity index (χ1) is 11.0. The van der Waals surface area contributed by atoms with E-state index in [0.29, 0.717) is 0 Å². The molecular weight excluding hydrogens is 290 g/mol. The second kappa shape index (κ2) is 3.97. The lowest BCUT2D eigenvalue weighted by Crippen LogP contribution is -2.84. The summed E-state index contributed by atoms with van der Waals surface area (Å²) in [6.45, 7) is 7.46. The number of anilines is 1. The summed E-state index contributed by atoms with van der Waals surface area (Å²) in [7, 11) is 0. The molecule has 0 saturated carbocycles. The first-order valence-corrected chi connectivity index (χ1v) is 8.55. The minimum atomic E-state index is -0.672. The molecule has 4 saturated heterocycles. The van der Waals surface area contributed by atoms with Gasteiger partial charge >= 0.3 is 0 Å². The van der Waals surface area contributed by atoms with E-state index in [0.717, 1.165) is 43.9 Å². The average molecular weight is 313 g/mol. The number of rotatable bonds is 1. The summed E-state index contributed by atoms with van der Waals surface area (Å²) in [4.78, 5) is 17.7. The van der Waals surface area contributed by atoms with Gasteiger partial charge in [0.2, 0.25) is 0 Å². The van der Waals surface area contributed by atoms with Crippen LogP contribution in [0.15, 0.2) is 24.3 Å². The molecule has 5 heteroatoms. The lowest BCUT2D eigenvalue weighted by Gasteiger charge is -2.71. The predicted octanol–water partition coefficient (Wildman–Crippen LogP) is 1.20. The van der Waals surface area contributed by atoms with E-state index in [9.17, 15) is 9.90 Å². The van der Waals surface area contributed by atoms with E-state index in [1.165, 1.54) is 0 Å². The molecule has 5 aliphatic heterocycles. The molecule has 5 heterocycles. The number of hydrogen-bond donors (Lipinski definition) is 2. The summed E-state index contributed by atoms with van der Waals surface area (Å²) in [6, 6.07) is 8.05. The van der Waals surface area contributed by atoms with Crippen LogP contribution in [0.1, 0.15) is 25.8 Å². The molecular formula is C18H23N3O2. The largest absolute Gasteiger partial charge is 0.392 e. The van der Waals surface area contributed by atoms with Crippen LogP contribution in [0.4, 0.5) is 5.69 Å². The van der Waals surface area contributed by atoms with E-state index in [-0.39, 0.29) is 22.8 Å². The highest BCUT2D eigenvalue weighted by Gasteiger charge is 2.71. The van der Waals surface area contributed by atoms with Crippen LogP contribution in [-0.2, 0) is 10.5 Å². The van der Waals surface area contributed by atoms with Gasteiger partial charge in [0.25, 0.3) is 5.91 Å². The fourth-order valence-corrected chi connectivity index (χ4v) is 5.86. The minimum Gasteiger partial charge on any atom is -0.392 e. The Balaban J connectivity index is 1.71. The number of nitrogens with one attached hydrogen (secondary N) is 1. The van der Waals surface area contributed by atoms with Gasteiger partial charge < -0.3 is 10.4 Å². The van der Waals surface area contributed by atoms with Crippen LogP contribution in [0.3, 0.4) is 0 Å². The van der Waals surface area contributed by atoms with Crippen molar-refractivity contribution in [3.05, 3.63) is 29.8 Å². The van der Waals surface area contributed by atoms with Gasteiger partial charge in [0.05, 0.1) is 6.10 Å². The first kappa shape index (κ1) is 14.0. The summed E-state index contributed by atoms with van der Waals surface area (Å²) in [5.74, 6) is 0.0712. The highest BCUT2D eigenvalue weighted by Crippen LogP contribution is 2.60. The molecule has 4 bridgehead atoms. The lowest BCUT2D eigenvalue weighted by molar-refractivity contribution is -0.286. The number of fused-ring (bicyclic) bond motifs is 1. The minimum absolute atomic E-state index is 0.0712. The predicted molar refractivity (Wildman–Crippen MR) is 86.7 cm³/mol. The Hall–Kier alpha value is -1.43. The number of carbonyl (C=O) groups excluding carboxylic acids is 1. The molecule has 3 atom stereocenters. The number of para-hydroxylation sites is 1. The highest BCUT2D eigenvalue weighted by atomic mass is 16.3. The van der Waals surface area contributed by atoms with E-state index in [1.54, 1.807) is 0 Å². The standard InChI is InChI=1S/C18H23N3O2/c1-3-17-10-20-8-16(2,14(17)22)9-21(11-17)18(20)12-6-4-5-7-13(12)19-15(18)23/h4-7,14,22H,3,8-11H2,1-2H3,(H,19,23)/t14-,16?,17?,18?/m1/s1. The summed E-state index contributed by atoms with van der Waals surface area (Å²) in [6.07, 6.45) is 0.653. The SMILES string of the molecule is CCC12CN3CC(C)(CN(C1)C31C(=O)Nc3ccccc31)[C@H]2O. The molecule has 2 N–H and O–H groups in total. The van der Waals surface area contributed by atoms with Gasteiger partial charge in [0.15, 0.2) is 5.66 Å². The molecule has 1 aromatic rings. The summed E-state index contributed by atoms with van der Waals surface area (Å²) in [5.41, 5.74) is 1.06. The maximum absolute atomic E-state index is 13.1.